The number of aromatic nitrogens is 1. The molecule has 3 rings (SSSR count). The molecule has 0 saturated heterocycles. The molecule has 1 aromatic heterocycles. The Morgan fingerprint density at radius 1 is 1.00 bits per heavy atom. The standard InChI is InChI=1S/C18H20N2O/c1-20(2)12-15-11-19-18-16(15)9-6-10-17(18)21-13-14-7-4-3-5-8-14/h3-11,19H,12-13H2,1-2H3/p+1. The van der Waals surface area contributed by atoms with Gasteiger partial charge in [-0.15, -0.1) is 0 Å². The molecule has 0 radical (unpaired) electrons. The van der Waals surface area contributed by atoms with Crippen LogP contribution in [0.5, 0.6) is 5.75 Å². The van der Waals surface area contributed by atoms with Crippen molar-refractivity contribution >= 4 is 10.9 Å². The van der Waals surface area contributed by atoms with Crippen LogP contribution in [0.1, 0.15) is 11.1 Å². The third-order valence-electron chi connectivity index (χ3n) is 3.54. The summed E-state index contributed by atoms with van der Waals surface area (Å²) >= 11 is 0. The van der Waals surface area contributed by atoms with Gasteiger partial charge in [0.15, 0.2) is 0 Å². The molecule has 3 nitrogen and oxygen atoms in total. The Hall–Kier alpha value is -2.26. The topological polar surface area (TPSA) is 29.5 Å². The maximum atomic E-state index is 5.99. The number of hydrogen-bond donors (Lipinski definition) is 2. The maximum Gasteiger partial charge on any atom is 0.143 e. The van der Waals surface area contributed by atoms with Gasteiger partial charge in [0.1, 0.15) is 18.9 Å². The second-order valence-electron chi connectivity index (χ2n) is 5.65. The normalized spacial score (nSPS) is 11.2. The quantitative estimate of drug-likeness (QED) is 0.739. The molecule has 0 fully saturated rings. The first-order valence-corrected chi connectivity index (χ1v) is 7.29. The van der Waals surface area contributed by atoms with E-state index in [0.29, 0.717) is 6.61 Å². The highest BCUT2D eigenvalue weighted by molar-refractivity contribution is 5.88. The minimum atomic E-state index is 0.591. The number of nitrogens with one attached hydrogen (secondary N) is 2. The number of fused-ring (bicyclic) bond motifs is 1. The van der Waals surface area contributed by atoms with E-state index >= 15 is 0 Å². The van der Waals surface area contributed by atoms with Crippen molar-refractivity contribution in [3.63, 3.8) is 0 Å². The smallest absolute Gasteiger partial charge is 0.143 e. The molecular weight excluding hydrogens is 260 g/mol. The summed E-state index contributed by atoms with van der Waals surface area (Å²) in [7, 11) is 4.32. The van der Waals surface area contributed by atoms with Crippen LogP contribution in [0.3, 0.4) is 0 Å². The molecule has 21 heavy (non-hydrogen) atoms. The zero-order valence-corrected chi connectivity index (χ0v) is 12.5. The molecule has 2 aromatic carbocycles. The first-order chi connectivity index (χ1) is 10.2. The number of rotatable bonds is 5. The summed E-state index contributed by atoms with van der Waals surface area (Å²) in [6.07, 6.45) is 2.09. The highest BCUT2D eigenvalue weighted by Gasteiger charge is 2.10. The summed E-state index contributed by atoms with van der Waals surface area (Å²) in [5.74, 6) is 0.913. The average molecular weight is 281 g/mol. The Morgan fingerprint density at radius 3 is 2.57 bits per heavy atom. The van der Waals surface area contributed by atoms with E-state index in [-0.39, 0.29) is 0 Å². The van der Waals surface area contributed by atoms with Crippen molar-refractivity contribution in [2.45, 2.75) is 13.2 Å². The van der Waals surface area contributed by atoms with Gasteiger partial charge in [0, 0.05) is 17.1 Å². The Labute approximate surface area is 125 Å². The molecule has 0 atom stereocenters. The van der Waals surface area contributed by atoms with Gasteiger partial charge in [0.25, 0.3) is 0 Å². The van der Waals surface area contributed by atoms with E-state index in [1.165, 1.54) is 21.4 Å². The van der Waals surface area contributed by atoms with Gasteiger partial charge in [0.2, 0.25) is 0 Å². The van der Waals surface area contributed by atoms with Crippen LogP contribution < -0.4 is 9.64 Å². The van der Waals surface area contributed by atoms with Crippen LogP contribution in [0.4, 0.5) is 0 Å². The Bertz CT molecular complexity index is 716. The zero-order valence-electron chi connectivity index (χ0n) is 12.5. The van der Waals surface area contributed by atoms with Gasteiger partial charge >= 0.3 is 0 Å². The van der Waals surface area contributed by atoms with Crippen molar-refractivity contribution in [2.24, 2.45) is 0 Å². The zero-order chi connectivity index (χ0) is 14.7. The van der Waals surface area contributed by atoms with Gasteiger partial charge in [-0.3, -0.25) is 0 Å². The molecule has 0 aliphatic rings. The van der Waals surface area contributed by atoms with Crippen LogP contribution in [0, 0.1) is 0 Å². The summed E-state index contributed by atoms with van der Waals surface area (Å²) in [5.41, 5.74) is 3.60. The molecule has 108 valence electrons. The van der Waals surface area contributed by atoms with Crippen molar-refractivity contribution in [1.82, 2.24) is 4.98 Å². The predicted molar refractivity (Wildman–Crippen MR) is 85.6 cm³/mol. The van der Waals surface area contributed by atoms with E-state index in [1.807, 2.05) is 24.3 Å². The van der Waals surface area contributed by atoms with Crippen molar-refractivity contribution in [3.05, 3.63) is 65.9 Å². The predicted octanol–water partition coefficient (Wildman–Crippen LogP) is 2.39. The monoisotopic (exact) mass is 281 g/mol. The fraction of sp³-hybridized carbons (Fsp3) is 0.222. The number of aromatic amines is 1. The largest absolute Gasteiger partial charge is 0.487 e. The van der Waals surface area contributed by atoms with Crippen molar-refractivity contribution in [2.75, 3.05) is 14.1 Å². The molecule has 0 aliphatic heterocycles. The Kier molecular flexibility index (Phi) is 3.93. The fourth-order valence-electron chi connectivity index (χ4n) is 2.57. The molecule has 3 heteroatoms. The minimum absolute atomic E-state index is 0.591. The molecule has 0 bridgehead atoms. The van der Waals surface area contributed by atoms with E-state index in [9.17, 15) is 0 Å². The molecule has 0 amide bonds. The molecule has 2 N–H and O–H groups in total. The Morgan fingerprint density at radius 2 is 1.81 bits per heavy atom. The second-order valence-corrected chi connectivity index (χ2v) is 5.65. The number of benzene rings is 2. The molecule has 0 spiro atoms. The van der Waals surface area contributed by atoms with Crippen molar-refractivity contribution in [1.29, 1.82) is 0 Å². The van der Waals surface area contributed by atoms with E-state index in [4.69, 9.17) is 4.74 Å². The first-order valence-electron chi connectivity index (χ1n) is 7.29. The van der Waals surface area contributed by atoms with Gasteiger partial charge in [-0.05, 0) is 11.6 Å². The third kappa shape index (κ3) is 3.09. The number of H-pyrrole nitrogens is 1. The molecule has 0 saturated carbocycles. The summed E-state index contributed by atoms with van der Waals surface area (Å²) in [6.45, 7) is 1.59. The number of para-hydroxylation sites is 1. The lowest BCUT2D eigenvalue weighted by molar-refractivity contribution is -0.872. The lowest BCUT2D eigenvalue weighted by atomic mass is 10.1. The van der Waals surface area contributed by atoms with E-state index < -0.39 is 0 Å². The molecule has 1 heterocycles. The Balaban J connectivity index is 1.84. The highest BCUT2D eigenvalue weighted by Crippen LogP contribution is 2.27. The lowest BCUT2D eigenvalue weighted by Gasteiger charge is -2.08. The van der Waals surface area contributed by atoms with Crippen molar-refractivity contribution < 1.29 is 9.64 Å². The third-order valence-corrected chi connectivity index (χ3v) is 3.54. The summed E-state index contributed by atoms with van der Waals surface area (Å²) < 4.78 is 5.99. The van der Waals surface area contributed by atoms with Gasteiger partial charge in [-0.25, -0.2) is 0 Å². The van der Waals surface area contributed by atoms with Gasteiger partial charge in [-0.1, -0.05) is 42.5 Å². The summed E-state index contributed by atoms with van der Waals surface area (Å²) in [6, 6.07) is 16.5. The van der Waals surface area contributed by atoms with Crippen LogP contribution >= 0.6 is 0 Å². The molecule has 0 aliphatic carbocycles. The molecular formula is C18H21N2O+. The van der Waals surface area contributed by atoms with E-state index in [0.717, 1.165) is 17.8 Å². The van der Waals surface area contributed by atoms with Crippen molar-refractivity contribution in [3.8, 4) is 5.75 Å². The number of quaternary nitrogens is 1. The average Bonchev–Trinajstić information content (AvgIpc) is 2.89. The van der Waals surface area contributed by atoms with E-state index in [1.54, 1.807) is 0 Å². The van der Waals surface area contributed by atoms with Crippen LogP contribution in [0.2, 0.25) is 0 Å². The van der Waals surface area contributed by atoms with Crippen LogP contribution in [-0.4, -0.2) is 19.1 Å². The minimum Gasteiger partial charge on any atom is -0.487 e. The number of hydrogen-bond acceptors (Lipinski definition) is 1. The summed E-state index contributed by atoms with van der Waals surface area (Å²) in [4.78, 5) is 4.77. The van der Waals surface area contributed by atoms with Gasteiger partial charge in [-0.2, -0.15) is 0 Å². The maximum absolute atomic E-state index is 5.99. The fourth-order valence-corrected chi connectivity index (χ4v) is 2.57. The molecule has 0 unspecified atom stereocenters. The number of ether oxygens (including phenoxy) is 1. The van der Waals surface area contributed by atoms with Crippen LogP contribution in [-0.2, 0) is 13.2 Å². The van der Waals surface area contributed by atoms with Gasteiger partial charge in [0.05, 0.1) is 19.6 Å². The lowest BCUT2D eigenvalue weighted by Crippen LogP contribution is -3.04. The van der Waals surface area contributed by atoms with Crippen LogP contribution in [0.25, 0.3) is 10.9 Å². The summed E-state index contributed by atoms with van der Waals surface area (Å²) in [5, 5.41) is 1.25. The van der Waals surface area contributed by atoms with Crippen LogP contribution in [0.15, 0.2) is 54.7 Å². The first kappa shape index (κ1) is 13.7. The highest BCUT2D eigenvalue weighted by atomic mass is 16.5. The van der Waals surface area contributed by atoms with E-state index in [2.05, 4.69) is 49.5 Å². The molecule has 3 aromatic rings. The second kappa shape index (κ2) is 6.02. The van der Waals surface area contributed by atoms with Gasteiger partial charge < -0.3 is 14.6 Å². The SMILES string of the molecule is C[NH+](C)Cc1c[nH]c2c(OCc3ccccc3)cccc12.